The highest BCUT2D eigenvalue weighted by Crippen LogP contribution is 2.15. The maximum absolute atomic E-state index is 11.8. The van der Waals surface area contributed by atoms with Crippen molar-refractivity contribution in [2.24, 2.45) is 0 Å². The highest BCUT2D eigenvalue weighted by atomic mass is 16.6. The lowest BCUT2D eigenvalue weighted by Gasteiger charge is -2.30. The standard InChI is InChI=1S/C22H40O6/c1-2-3-4-5-6-7-8-9-10-11-12-13-14-15-20(24)28-17-19-22(26)21(25)18(23)16-27-19/h19,21-22,25-26H,2-17H2,1H3/t19-,21-,22-/m1/s1/i1D. The van der Waals surface area contributed by atoms with Gasteiger partial charge in [0.25, 0.3) is 0 Å². The van der Waals surface area contributed by atoms with Crippen molar-refractivity contribution in [3.63, 3.8) is 0 Å². The Morgan fingerprint density at radius 2 is 1.54 bits per heavy atom. The maximum atomic E-state index is 11.8. The first-order chi connectivity index (χ1) is 14.1. The van der Waals surface area contributed by atoms with E-state index in [2.05, 4.69) is 0 Å². The van der Waals surface area contributed by atoms with Gasteiger partial charge < -0.3 is 19.7 Å². The SMILES string of the molecule is [2H]CCCCCCCCCCCCCCCC(=O)OC[C@H]1OCC(=O)[C@@H](O)[C@@H]1O. The lowest BCUT2D eigenvalue weighted by Crippen LogP contribution is -2.52. The molecular formula is C22H40O6. The smallest absolute Gasteiger partial charge is 0.305 e. The van der Waals surface area contributed by atoms with Crippen molar-refractivity contribution in [1.82, 2.24) is 0 Å². The van der Waals surface area contributed by atoms with Crippen LogP contribution in [-0.4, -0.2) is 53.5 Å². The third kappa shape index (κ3) is 11.1. The van der Waals surface area contributed by atoms with E-state index in [4.69, 9.17) is 10.8 Å². The van der Waals surface area contributed by atoms with E-state index in [1.165, 1.54) is 57.8 Å². The van der Waals surface area contributed by atoms with E-state index in [9.17, 15) is 19.8 Å². The van der Waals surface area contributed by atoms with Crippen LogP contribution in [0.2, 0.25) is 0 Å². The molecule has 1 aliphatic heterocycles. The Morgan fingerprint density at radius 3 is 2.11 bits per heavy atom. The number of rotatable bonds is 16. The van der Waals surface area contributed by atoms with Crippen LogP contribution in [0.5, 0.6) is 0 Å². The van der Waals surface area contributed by atoms with Crippen molar-refractivity contribution in [2.75, 3.05) is 13.2 Å². The highest BCUT2D eigenvalue weighted by molar-refractivity contribution is 5.85. The number of aliphatic hydroxyl groups excluding tert-OH is 2. The number of hydrogen-bond donors (Lipinski definition) is 2. The van der Waals surface area contributed by atoms with Crippen LogP contribution in [-0.2, 0) is 19.1 Å². The van der Waals surface area contributed by atoms with Gasteiger partial charge in [-0.1, -0.05) is 83.9 Å². The number of esters is 1. The molecule has 1 aliphatic rings. The summed E-state index contributed by atoms with van der Waals surface area (Å²) in [6.45, 7) is 0.149. The topological polar surface area (TPSA) is 93.1 Å². The van der Waals surface area contributed by atoms with Gasteiger partial charge in [-0.2, -0.15) is 0 Å². The van der Waals surface area contributed by atoms with Crippen LogP contribution < -0.4 is 0 Å². The molecule has 0 saturated carbocycles. The summed E-state index contributed by atoms with van der Waals surface area (Å²) in [4.78, 5) is 23.0. The normalized spacial score (nSPS) is 22.9. The Morgan fingerprint density at radius 1 is 1.00 bits per heavy atom. The van der Waals surface area contributed by atoms with E-state index >= 15 is 0 Å². The first-order valence-corrected chi connectivity index (χ1v) is 11.0. The van der Waals surface area contributed by atoms with Crippen LogP contribution >= 0.6 is 0 Å². The van der Waals surface area contributed by atoms with Crippen LogP contribution in [0.25, 0.3) is 0 Å². The Bertz CT molecular complexity index is 445. The number of ketones is 1. The predicted octanol–water partition coefficient (Wildman–Crippen LogP) is 3.70. The molecule has 1 rings (SSSR count). The van der Waals surface area contributed by atoms with E-state index in [-0.39, 0.29) is 19.2 Å². The van der Waals surface area contributed by atoms with E-state index in [1.54, 1.807) is 0 Å². The summed E-state index contributed by atoms with van der Waals surface area (Å²) in [5, 5.41) is 19.2. The van der Waals surface area contributed by atoms with Gasteiger partial charge in [0.15, 0.2) is 5.78 Å². The van der Waals surface area contributed by atoms with Gasteiger partial charge in [-0.05, 0) is 6.42 Å². The summed E-state index contributed by atoms with van der Waals surface area (Å²) in [7, 11) is 0. The van der Waals surface area contributed by atoms with Crippen LogP contribution in [0, 0.1) is 0 Å². The fourth-order valence-electron chi connectivity index (χ4n) is 3.37. The van der Waals surface area contributed by atoms with Crippen LogP contribution in [0.1, 0.15) is 98.2 Å². The summed E-state index contributed by atoms with van der Waals surface area (Å²) >= 11 is 0. The van der Waals surface area contributed by atoms with Crippen molar-refractivity contribution in [1.29, 1.82) is 0 Å². The van der Waals surface area contributed by atoms with Gasteiger partial charge in [0.1, 0.15) is 31.5 Å². The molecule has 6 nitrogen and oxygen atoms in total. The molecule has 28 heavy (non-hydrogen) atoms. The Balaban J connectivity index is 1.86. The second kappa shape index (κ2) is 15.9. The Hall–Kier alpha value is -0.980. The third-order valence-corrected chi connectivity index (χ3v) is 5.26. The monoisotopic (exact) mass is 401 g/mol. The molecule has 0 spiro atoms. The average Bonchev–Trinajstić information content (AvgIpc) is 2.71. The molecule has 0 radical (unpaired) electrons. The fourth-order valence-corrected chi connectivity index (χ4v) is 3.37. The quantitative estimate of drug-likeness (QED) is 0.303. The van der Waals surface area contributed by atoms with E-state index in [0.29, 0.717) is 13.3 Å². The second-order valence-corrected chi connectivity index (χ2v) is 7.78. The van der Waals surface area contributed by atoms with Gasteiger partial charge in [0, 0.05) is 7.79 Å². The molecule has 1 heterocycles. The zero-order valence-corrected chi connectivity index (χ0v) is 17.3. The third-order valence-electron chi connectivity index (χ3n) is 5.26. The number of carbonyl (C=O) groups excluding carboxylic acids is 2. The predicted molar refractivity (Wildman–Crippen MR) is 108 cm³/mol. The van der Waals surface area contributed by atoms with Crippen LogP contribution in [0.4, 0.5) is 0 Å². The van der Waals surface area contributed by atoms with E-state index in [1.807, 2.05) is 0 Å². The van der Waals surface area contributed by atoms with Gasteiger partial charge in [-0.25, -0.2) is 0 Å². The number of aliphatic hydroxyl groups is 2. The minimum atomic E-state index is -1.47. The first-order valence-electron chi connectivity index (χ1n) is 11.7. The van der Waals surface area contributed by atoms with Crippen molar-refractivity contribution in [3.8, 4) is 0 Å². The maximum Gasteiger partial charge on any atom is 0.305 e. The molecule has 3 atom stereocenters. The summed E-state index contributed by atoms with van der Waals surface area (Å²) < 4.78 is 17.3. The van der Waals surface area contributed by atoms with E-state index in [0.717, 1.165) is 25.7 Å². The summed E-state index contributed by atoms with van der Waals surface area (Å²) in [5.74, 6) is -0.897. The van der Waals surface area contributed by atoms with Gasteiger partial charge in [-0.3, -0.25) is 9.59 Å². The minimum absolute atomic E-state index is 0.144. The summed E-state index contributed by atoms with van der Waals surface area (Å²) in [5.41, 5.74) is 0. The average molecular weight is 402 g/mol. The van der Waals surface area contributed by atoms with Crippen molar-refractivity contribution < 1.29 is 30.6 Å². The van der Waals surface area contributed by atoms with Crippen molar-refractivity contribution in [3.05, 3.63) is 0 Å². The number of hydrogen-bond acceptors (Lipinski definition) is 6. The molecule has 0 aromatic heterocycles. The molecule has 164 valence electrons. The van der Waals surface area contributed by atoms with Gasteiger partial charge in [0.2, 0.25) is 0 Å². The van der Waals surface area contributed by atoms with Crippen LogP contribution in [0.3, 0.4) is 0 Å². The lowest BCUT2D eigenvalue weighted by molar-refractivity contribution is -0.177. The van der Waals surface area contributed by atoms with Gasteiger partial charge in [0.05, 0.1) is 0 Å². The molecule has 1 fully saturated rings. The molecule has 0 aliphatic carbocycles. The second-order valence-electron chi connectivity index (χ2n) is 7.78. The largest absolute Gasteiger partial charge is 0.463 e. The molecule has 0 aromatic carbocycles. The lowest BCUT2D eigenvalue weighted by atomic mass is 10.0. The van der Waals surface area contributed by atoms with Crippen molar-refractivity contribution in [2.45, 2.75) is 115 Å². The molecule has 6 heteroatoms. The molecule has 0 amide bonds. The fraction of sp³-hybridized carbons (Fsp3) is 0.909. The number of unbranched alkanes of at least 4 members (excludes halogenated alkanes) is 12. The van der Waals surface area contributed by atoms with Crippen molar-refractivity contribution >= 4 is 11.8 Å². The van der Waals surface area contributed by atoms with Crippen LogP contribution in [0.15, 0.2) is 0 Å². The minimum Gasteiger partial charge on any atom is -0.463 e. The molecule has 1 saturated heterocycles. The zero-order chi connectivity index (χ0) is 21.3. The molecule has 0 bridgehead atoms. The Kier molecular flexibility index (Phi) is 13.2. The summed E-state index contributed by atoms with van der Waals surface area (Å²) in [6.07, 6.45) is 12.1. The molecule has 2 N–H and O–H groups in total. The first kappa shape index (κ1) is 23.3. The summed E-state index contributed by atoms with van der Waals surface area (Å²) in [6, 6.07) is 0. The Labute approximate surface area is 171 Å². The highest BCUT2D eigenvalue weighted by Gasteiger charge is 2.37. The molecular weight excluding hydrogens is 360 g/mol. The molecule has 0 aromatic rings. The van der Waals surface area contributed by atoms with Gasteiger partial charge in [-0.15, -0.1) is 0 Å². The number of Topliss-reactive ketones (excluding diaryl/α,β-unsaturated/α-hetero) is 1. The number of ether oxygens (including phenoxy) is 2. The zero-order valence-electron chi connectivity index (χ0n) is 18.3. The van der Waals surface area contributed by atoms with Gasteiger partial charge >= 0.3 is 5.97 Å². The molecule has 0 unspecified atom stereocenters. The number of carbonyl (C=O) groups is 2. The van der Waals surface area contributed by atoms with E-state index < -0.39 is 24.1 Å².